The van der Waals surface area contributed by atoms with Crippen LogP contribution in [0.1, 0.15) is 33.7 Å². The van der Waals surface area contributed by atoms with Crippen molar-refractivity contribution < 1.29 is 19.5 Å². The Labute approximate surface area is 178 Å². The van der Waals surface area contributed by atoms with Crippen LogP contribution >= 0.6 is 0 Å². The third-order valence-electron chi connectivity index (χ3n) is 7.21. The van der Waals surface area contributed by atoms with Crippen LogP contribution in [0.25, 0.3) is 0 Å². The second-order valence-corrected chi connectivity index (χ2v) is 8.50. The van der Waals surface area contributed by atoms with E-state index >= 15 is 0 Å². The van der Waals surface area contributed by atoms with E-state index in [0.29, 0.717) is 11.1 Å². The molecule has 3 aromatic rings. The maximum absolute atomic E-state index is 13.7. The molecule has 0 aromatic heterocycles. The first kappa shape index (κ1) is 18.1. The Morgan fingerprint density at radius 2 is 1.35 bits per heavy atom. The number of carbonyl (C=O) groups excluding carboxylic acids is 3. The highest BCUT2D eigenvalue weighted by molar-refractivity contribution is 6.11. The van der Waals surface area contributed by atoms with Crippen LogP contribution in [0.3, 0.4) is 0 Å². The Balaban J connectivity index is 1.61. The Kier molecular flexibility index (Phi) is 3.58. The Bertz CT molecular complexity index is 1220. The molecule has 0 spiro atoms. The molecule has 3 aliphatic carbocycles. The van der Waals surface area contributed by atoms with Crippen molar-refractivity contribution in [3.63, 3.8) is 0 Å². The SMILES string of the molecule is O=C1[C@@H]2C3c4ccccc4C(C(=O)[O-])(c4ccccc43)[C@H]2C(=O)N1Cc1ccccc1. The average Bonchev–Trinajstić information content (AvgIpc) is 3.05. The summed E-state index contributed by atoms with van der Waals surface area (Å²) in [6, 6.07) is 23.8. The minimum absolute atomic E-state index is 0.133. The highest BCUT2D eigenvalue weighted by Gasteiger charge is 2.68. The van der Waals surface area contributed by atoms with Gasteiger partial charge in [0, 0.05) is 5.92 Å². The lowest BCUT2D eigenvalue weighted by molar-refractivity contribution is -0.314. The molecule has 3 aromatic carbocycles. The molecule has 0 saturated carbocycles. The van der Waals surface area contributed by atoms with Crippen LogP contribution in [-0.2, 0) is 26.3 Å². The summed E-state index contributed by atoms with van der Waals surface area (Å²) in [6.07, 6.45) is 0. The van der Waals surface area contributed by atoms with Gasteiger partial charge < -0.3 is 9.90 Å². The van der Waals surface area contributed by atoms with Crippen molar-refractivity contribution in [2.24, 2.45) is 11.8 Å². The molecular formula is C26H18NO4-. The van der Waals surface area contributed by atoms with Crippen molar-refractivity contribution in [2.75, 3.05) is 0 Å². The average molecular weight is 408 g/mol. The largest absolute Gasteiger partial charge is 0.549 e. The number of aliphatic carboxylic acids is 1. The van der Waals surface area contributed by atoms with E-state index in [4.69, 9.17) is 0 Å². The molecule has 5 nitrogen and oxygen atoms in total. The van der Waals surface area contributed by atoms with Gasteiger partial charge in [0.25, 0.3) is 0 Å². The number of imide groups is 1. The maximum atomic E-state index is 13.7. The number of carbonyl (C=O) groups is 3. The Morgan fingerprint density at radius 1 is 0.806 bits per heavy atom. The predicted molar refractivity (Wildman–Crippen MR) is 109 cm³/mol. The molecule has 0 radical (unpaired) electrons. The summed E-state index contributed by atoms with van der Waals surface area (Å²) in [5.74, 6) is -4.18. The number of hydrogen-bond donors (Lipinski definition) is 0. The molecule has 5 heteroatoms. The van der Waals surface area contributed by atoms with Crippen molar-refractivity contribution in [1.82, 2.24) is 4.90 Å². The van der Waals surface area contributed by atoms with E-state index < -0.39 is 29.1 Å². The fraction of sp³-hybridized carbons (Fsp3) is 0.192. The van der Waals surface area contributed by atoms with Gasteiger partial charge in [-0.2, -0.15) is 0 Å². The molecule has 2 bridgehead atoms. The highest BCUT2D eigenvalue weighted by Crippen LogP contribution is 2.63. The zero-order valence-electron chi connectivity index (χ0n) is 16.5. The van der Waals surface area contributed by atoms with E-state index in [1.807, 2.05) is 54.6 Å². The van der Waals surface area contributed by atoms with Crippen LogP contribution in [0.2, 0.25) is 0 Å². The number of carboxylic acid groups (broad SMARTS) is 1. The Morgan fingerprint density at radius 3 is 1.94 bits per heavy atom. The lowest BCUT2D eigenvalue weighted by Gasteiger charge is -2.54. The molecule has 1 heterocycles. The third kappa shape index (κ3) is 2.08. The van der Waals surface area contributed by atoms with E-state index in [1.165, 1.54) is 4.90 Å². The molecule has 1 aliphatic heterocycles. The van der Waals surface area contributed by atoms with Crippen LogP contribution < -0.4 is 5.11 Å². The van der Waals surface area contributed by atoms with Gasteiger partial charge >= 0.3 is 0 Å². The van der Waals surface area contributed by atoms with Gasteiger partial charge in [-0.1, -0.05) is 78.9 Å². The van der Waals surface area contributed by atoms with Gasteiger partial charge in [-0.05, 0) is 27.8 Å². The fourth-order valence-electron chi connectivity index (χ4n) is 6.10. The number of rotatable bonds is 3. The Hall–Kier alpha value is -3.73. The summed E-state index contributed by atoms with van der Waals surface area (Å²) in [5, 5.41) is 12.9. The lowest BCUT2D eigenvalue weighted by atomic mass is 9.47. The standard InChI is InChI=1S/C26H19NO4/c28-23-21-20-16-10-4-6-12-18(16)26(25(30)31,19-13-7-5-11-17(19)20)22(21)24(29)27(23)14-15-8-2-1-3-9-15/h1-13,20-22H,14H2,(H,30,31)/p-1/t20?,21-,22-,26?/m1/s1. The molecule has 2 atom stereocenters. The molecule has 2 amide bonds. The van der Waals surface area contributed by atoms with Gasteiger partial charge in [0.05, 0.1) is 29.8 Å². The second-order valence-electron chi connectivity index (χ2n) is 8.50. The van der Waals surface area contributed by atoms with Gasteiger partial charge in [-0.3, -0.25) is 14.5 Å². The zero-order chi connectivity index (χ0) is 21.3. The van der Waals surface area contributed by atoms with Crippen molar-refractivity contribution >= 4 is 17.8 Å². The summed E-state index contributed by atoms with van der Waals surface area (Å²) in [5.41, 5.74) is 1.90. The van der Waals surface area contributed by atoms with Crippen LogP contribution in [0.15, 0.2) is 78.9 Å². The van der Waals surface area contributed by atoms with Crippen LogP contribution in [-0.4, -0.2) is 22.7 Å². The first-order valence-corrected chi connectivity index (χ1v) is 10.4. The monoisotopic (exact) mass is 408 g/mol. The number of nitrogens with zero attached hydrogens (tertiary/aromatic N) is 1. The number of benzene rings is 3. The minimum Gasteiger partial charge on any atom is -0.549 e. The van der Waals surface area contributed by atoms with E-state index in [0.717, 1.165) is 16.7 Å². The van der Waals surface area contributed by atoms with Crippen LogP contribution in [0.4, 0.5) is 0 Å². The van der Waals surface area contributed by atoms with Gasteiger partial charge in [0.2, 0.25) is 11.8 Å². The molecule has 0 unspecified atom stereocenters. The van der Waals surface area contributed by atoms with E-state index in [9.17, 15) is 19.5 Å². The van der Waals surface area contributed by atoms with Gasteiger partial charge in [-0.15, -0.1) is 0 Å². The molecule has 0 N–H and O–H groups in total. The van der Waals surface area contributed by atoms with E-state index in [-0.39, 0.29) is 18.4 Å². The van der Waals surface area contributed by atoms with Crippen LogP contribution in [0, 0.1) is 11.8 Å². The van der Waals surface area contributed by atoms with Gasteiger partial charge in [-0.25, -0.2) is 0 Å². The quantitative estimate of drug-likeness (QED) is 0.621. The smallest absolute Gasteiger partial charge is 0.235 e. The molecule has 4 aliphatic rings. The predicted octanol–water partition coefficient (Wildman–Crippen LogP) is 1.98. The van der Waals surface area contributed by atoms with Crippen molar-refractivity contribution in [3.8, 4) is 0 Å². The third-order valence-corrected chi connectivity index (χ3v) is 7.21. The normalized spacial score (nSPS) is 27.6. The number of amides is 2. The summed E-state index contributed by atoms with van der Waals surface area (Å²) in [7, 11) is 0. The topological polar surface area (TPSA) is 77.5 Å². The van der Waals surface area contributed by atoms with Gasteiger partial charge in [0.1, 0.15) is 0 Å². The van der Waals surface area contributed by atoms with E-state index in [1.54, 1.807) is 24.3 Å². The number of hydrogen-bond acceptors (Lipinski definition) is 4. The molecule has 7 rings (SSSR count). The summed E-state index contributed by atoms with van der Waals surface area (Å²) >= 11 is 0. The second kappa shape index (κ2) is 6.14. The molecule has 152 valence electrons. The number of likely N-dealkylation sites (tertiary alicyclic amines) is 1. The molecular weight excluding hydrogens is 390 g/mol. The lowest BCUT2D eigenvalue weighted by Crippen LogP contribution is -2.61. The molecule has 31 heavy (non-hydrogen) atoms. The zero-order valence-corrected chi connectivity index (χ0v) is 16.5. The van der Waals surface area contributed by atoms with Gasteiger partial charge in [0.15, 0.2) is 0 Å². The van der Waals surface area contributed by atoms with Crippen molar-refractivity contribution in [1.29, 1.82) is 0 Å². The van der Waals surface area contributed by atoms with Crippen molar-refractivity contribution in [3.05, 3.63) is 107 Å². The summed E-state index contributed by atoms with van der Waals surface area (Å²) < 4.78 is 0. The van der Waals surface area contributed by atoms with Crippen LogP contribution in [0.5, 0.6) is 0 Å². The van der Waals surface area contributed by atoms with E-state index in [2.05, 4.69) is 0 Å². The first-order chi connectivity index (χ1) is 15.1. The maximum Gasteiger partial charge on any atom is 0.235 e. The summed E-state index contributed by atoms with van der Waals surface area (Å²) in [4.78, 5) is 41.5. The minimum atomic E-state index is -1.68. The highest BCUT2D eigenvalue weighted by atomic mass is 16.4. The number of carboxylic acids is 1. The van der Waals surface area contributed by atoms with Crippen molar-refractivity contribution in [2.45, 2.75) is 17.9 Å². The molecule has 1 saturated heterocycles. The summed E-state index contributed by atoms with van der Waals surface area (Å²) in [6.45, 7) is 0.133. The molecule has 1 fully saturated rings. The first-order valence-electron chi connectivity index (χ1n) is 10.4. The fourth-order valence-corrected chi connectivity index (χ4v) is 6.10.